The quantitative estimate of drug-likeness (QED) is 0.291. The number of Topliss-reactive ketones (excluding diaryl/α,β-unsaturated/α-hetero) is 1. The van der Waals surface area contributed by atoms with E-state index in [0.717, 1.165) is 46.2 Å². The van der Waals surface area contributed by atoms with E-state index in [0.29, 0.717) is 37.1 Å². The minimum Gasteiger partial charge on any atom is -0.480 e. The molecule has 4 rings (SSSR count). The molecule has 0 bridgehead atoms. The number of hydrogen-bond acceptors (Lipinski definition) is 8. The molecule has 1 saturated carbocycles. The third-order valence-corrected chi connectivity index (χ3v) is 6.16. The molecule has 0 aromatic heterocycles. The van der Waals surface area contributed by atoms with E-state index in [9.17, 15) is 9.59 Å². The maximum atomic E-state index is 12.1. The largest absolute Gasteiger partial charge is 0.480 e. The van der Waals surface area contributed by atoms with E-state index in [2.05, 4.69) is 37.8 Å². The molecule has 5 N–H and O–H groups in total. The molecule has 1 aliphatic carbocycles. The Morgan fingerprint density at radius 1 is 0.795 bits per heavy atom. The predicted octanol–water partition coefficient (Wildman–Crippen LogP) is 4.21. The van der Waals surface area contributed by atoms with Crippen molar-refractivity contribution in [1.29, 1.82) is 0 Å². The number of hydrazone groups is 2. The van der Waals surface area contributed by atoms with Crippen LogP contribution < -0.4 is 21.5 Å². The van der Waals surface area contributed by atoms with Gasteiger partial charge in [0.1, 0.15) is 5.78 Å². The second-order valence-corrected chi connectivity index (χ2v) is 9.25. The van der Waals surface area contributed by atoms with Gasteiger partial charge in [-0.05, 0) is 62.1 Å². The van der Waals surface area contributed by atoms with Crippen molar-refractivity contribution in [2.45, 2.75) is 73.9 Å². The standard InChI is InChI=1S/C26H32N6O3.2C2H6/c1-16-6-18(12-27-14-23(33)20-4-3-5-20)10-21(8-16)25-29-31-26(32-30-25)22-9-17(2)7-19(11-22)13-28-15-24(34)35;2*1-2/h6-11,20,27-28H,3-5,12-15H2,1-2H3,(H,29,30)(H,31,32)(H,34,35);2*1-2H3. The average Bonchev–Trinajstić information content (AvgIpc) is 2.89. The maximum absolute atomic E-state index is 12.1. The summed E-state index contributed by atoms with van der Waals surface area (Å²) in [4.78, 5) is 22.9. The van der Waals surface area contributed by atoms with Crippen LogP contribution in [0.4, 0.5) is 0 Å². The molecule has 2 aliphatic rings. The van der Waals surface area contributed by atoms with Crippen LogP contribution in [-0.4, -0.2) is 41.6 Å². The Morgan fingerprint density at radius 3 is 1.64 bits per heavy atom. The first kappa shape index (κ1) is 31.7. The van der Waals surface area contributed by atoms with Gasteiger partial charge < -0.3 is 15.7 Å². The van der Waals surface area contributed by atoms with Gasteiger partial charge in [0.25, 0.3) is 0 Å². The lowest BCUT2D eigenvalue weighted by Crippen LogP contribution is -2.35. The van der Waals surface area contributed by atoms with Gasteiger partial charge in [-0.15, -0.1) is 0 Å². The molecule has 0 radical (unpaired) electrons. The molecule has 212 valence electrons. The first-order valence-electron chi connectivity index (χ1n) is 13.9. The van der Waals surface area contributed by atoms with E-state index >= 15 is 0 Å². The number of aliphatic carboxylic acids is 1. The van der Waals surface area contributed by atoms with Crippen LogP contribution in [0, 0.1) is 19.8 Å². The smallest absolute Gasteiger partial charge is 0.317 e. The van der Waals surface area contributed by atoms with Crippen LogP contribution in [0.3, 0.4) is 0 Å². The highest BCUT2D eigenvalue weighted by Crippen LogP contribution is 2.26. The van der Waals surface area contributed by atoms with Gasteiger partial charge in [0.2, 0.25) is 0 Å². The molecule has 9 heteroatoms. The van der Waals surface area contributed by atoms with Crippen molar-refractivity contribution in [3.8, 4) is 0 Å². The highest BCUT2D eigenvalue weighted by Gasteiger charge is 2.24. The van der Waals surface area contributed by atoms with Crippen molar-refractivity contribution in [3.05, 3.63) is 69.8 Å². The van der Waals surface area contributed by atoms with Crippen molar-refractivity contribution in [2.75, 3.05) is 13.1 Å². The maximum Gasteiger partial charge on any atom is 0.317 e. The van der Waals surface area contributed by atoms with Gasteiger partial charge in [-0.25, -0.2) is 0 Å². The number of ketones is 1. The molecule has 0 unspecified atom stereocenters. The molecule has 39 heavy (non-hydrogen) atoms. The third-order valence-electron chi connectivity index (χ3n) is 6.16. The minimum absolute atomic E-state index is 0.0947. The number of rotatable bonds is 11. The van der Waals surface area contributed by atoms with Crippen molar-refractivity contribution in [2.24, 2.45) is 16.1 Å². The molecule has 9 nitrogen and oxygen atoms in total. The molecule has 0 spiro atoms. The van der Waals surface area contributed by atoms with Crippen molar-refractivity contribution in [3.63, 3.8) is 0 Å². The first-order chi connectivity index (χ1) is 18.9. The number of nitrogens with zero attached hydrogens (tertiary/aromatic N) is 2. The van der Waals surface area contributed by atoms with Crippen LogP contribution in [0.15, 0.2) is 46.6 Å². The topological polar surface area (TPSA) is 127 Å². The van der Waals surface area contributed by atoms with E-state index in [1.807, 2.05) is 71.9 Å². The molecule has 0 amide bonds. The molecule has 1 fully saturated rings. The Morgan fingerprint density at radius 2 is 1.26 bits per heavy atom. The van der Waals surface area contributed by atoms with Crippen LogP contribution in [0.5, 0.6) is 0 Å². The monoisotopic (exact) mass is 536 g/mol. The Hall–Kier alpha value is -3.56. The van der Waals surface area contributed by atoms with Gasteiger partial charge >= 0.3 is 5.97 Å². The number of hydrogen-bond donors (Lipinski definition) is 5. The summed E-state index contributed by atoms with van der Waals surface area (Å²) in [5.41, 5.74) is 12.0. The van der Waals surface area contributed by atoms with Gasteiger partial charge in [-0.2, -0.15) is 10.2 Å². The Kier molecular flexibility index (Phi) is 13.3. The Labute approximate surface area is 232 Å². The number of nitrogens with one attached hydrogen (secondary N) is 4. The fourth-order valence-corrected chi connectivity index (χ4v) is 4.25. The summed E-state index contributed by atoms with van der Waals surface area (Å²) >= 11 is 0. The lowest BCUT2D eigenvalue weighted by Gasteiger charge is -2.23. The second-order valence-electron chi connectivity index (χ2n) is 9.25. The normalized spacial score (nSPS) is 14.1. The van der Waals surface area contributed by atoms with E-state index in [1.54, 1.807) is 0 Å². The van der Waals surface area contributed by atoms with E-state index in [-0.39, 0.29) is 12.5 Å². The summed E-state index contributed by atoms with van der Waals surface area (Å²) in [5, 5.41) is 24.0. The van der Waals surface area contributed by atoms with Gasteiger partial charge in [0.15, 0.2) is 11.7 Å². The number of carbonyl (C=O) groups excluding carboxylic acids is 1. The number of benzene rings is 2. The van der Waals surface area contributed by atoms with Crippen LogP contribution in [0.1, 0.15) is 80.3 Å². The van der Waals surface area contributed by atoms with E-state index in [1.165, 1.54) is 6.42 Å². The summed E-state index contributed by atoms with van der Waals surface area (Å²) in [6.45, 7) is 13.4. The molecule has 0 atom stereocenters. The van der Waals surface area contributed by atoms with Crippen molar-refractivity contribution >= 4 is 23.4 Å². The number of carboxylic acids is 1. The lowest BCUT2D eigenvalue weighted by molar-refractivity contribution is -0.136. The lowest BCUT2D eigenvalue weighted by atomic mass is 9.82. The third kappa shape index (κ3) is 9.92. The van der Waals surface area contributed by atoms with Crippen molar-refractivity contribution < 1.29 is 14.7 Å². The summed E-state index contributed by atoms with van der Waals surface area (Å²) in [6.07, 6.45) is 3.23. The zero-order valence-corrected chi connectivity index (χ0v) is 24.1. The van der Waals surface area contributed by atoms with Gasteiger partial charge in [0, 0.05) is 30.1 Å². The van der Waals surface area contributed by atoms with Gasteiger partial charge in [-0.1, -0.05) is 57.4 Å². The average molecular weight is 537 g/mol. The van der Waals surface area contributed by atoms with E-state index in [4.69, 9.17) is 5.11 Å². The first-order valence-corrected chi connectivity index (χ1v) is 13.9. The highest BCUT2D eigenvalue weighted by molar-refractivity contribution is 6.06. The fraction of sp³-hybridized carbons (Fsp3) is 0.467. The molecular weight excluding hydrogens is 492 g/mol. The Bertz CT molecular complexity index is 1170. The molecule has 1 heterocycles. The van der Waals surface area contributed by atoms with Crippen LogP contribution in [0.2, 0.25) is 0 Å². The molecule has 1 aliphatic heterocycles. The minimum atomic E-state index is -0.889. The summed E-state index contributed by atoms with van der Waals surface area (Å²) in [7, 11) is 0. The zero-order valence-electron chi connectivity index (χ0n) is 24.1. The van der Waals surface area contributed by atoms with E-state index < -0.39 is 5.97 Å². The Balaban J connectivity index is 0.00000127. The number of aryl methyl sites for hydroxylation is 2. The molecule has 2 aromatic rings. The summed E-state index contributed by atoms with van der Waals surface area (Å²) in [5.74, 6) is 0.867. The molecular formula is C30H44N6O3. The molecule has 2 aromatic carbocycles. The number of carbonyl (C=O) groups is 2. The van der Waals surface area contributed by atoms with Crippen LogP contribution in [-0.2, 0) is 22.7 Å². The molecule has 0 saturated heterocycles. The zero-order chi connectivity index (χ0) is 28.8. The SMILES string of the molecule is CC.CC.Cc1cc(CNCC(=O)O)cc(C2=NNC(c3cc(C)cc(CNCC(=O)C4CCC4)c3)=NN2)c1. The number of carboxylic acid groups (broad SMARTS) is 1. The highest BCUT2D eigenvalue weighted by atomic mass is 16.4. The van der Waals surface area contributed by atoms with Gasteiger partial charge in [-0.3, -0.25) is 20.4 Å². The second kappa shape index (κ2) is 16.4. The summed E-state index contributed by atoms with van der Waals surface area (Å²) in [6, 6.07) is 12.1. The van der Waals surface area contributed by atoms with Crippen LogP contribution >= 0.6 is 0 Å². The fourth-order valence-electron chi connectivity index (χ4n) is 4.25. The van der Waals surface area contributed by atoms with Gasteiger partial charge in [0.05, 0.1) is 13.1 Å². The van der Waals surface area contributed by atoms with Crippen LogP contribution in [0.25, 0.3) is 0 Å². The predicted molar refractivity (Wildman–Crippen MR) is 158 cm³/mol. The summed E-state index contributed by atoms with van der Waals surface area (Å²) < 4.78 is 0. The van der Waals surface area contributed by atoms with Crippen molar-refractivity contribution in [1.82, 2.24) is 21.5 Å². The number of amidine groups is 2.